The zero-order chi connectivity index (χ0) is 7.45. The molecule has 1 saturated heterocycles. The molecule has 0 radical (unpaired) electrons. The van der Waals surface area contributed by atoms with Gasteiger partial charge in [-0.2, -0.15) is 0 Å². The summed E-state index contributed by atoms with van der Waals surface area (Å²) in [6.07, 6.45) is 3.13. The Bertz CT molecular complexity index is 91.9. The summed E-state index contributed by atoms with van der Waals surface area (Å²) in [7, 11) is 0. The molecule has 1 rings (SSSR count). The Morgan fingerprint density at radius 2 is 2.00 bits per heavy atom. The van der Waals surface area contributed by atoms with E-state index in [1.54, 1.807) is 0 Å². The Balaban J connectivity index is 2.32. The molecule has 0 saturated carbocycles. The van der Waals surface area contributed by atoms with E-state index in [9.17, 15) is 4.39 Å². The maximum atomic E-state index is 13.5. The molecule has 0 aromatic heterocycles. The summed E-state index contributed by atoms with van der Waals surface area (Å²) in [4.78, 5) is 0. The highest BCUT2D eigenvalue weighted by atomic mass is 19.1. The number of hydrogen-bond donors (Lipinski definition) is 1. The maximum absolute atomic E-state index is 13.5. The van der Waals surface area contributed by atoms with E-state index in [2.05, 4.69) is 5.32 Å². The first-order valence-corrected chi connectivity index (χ1v) is 4.16. The van der Waals surface area contributed by atoms with Crippen LogP contribution in [0.5, 0.6) is 0 Å². The van der Waals surface area contributed by atoms with Crippen LogP contribution in [-0.4, -0.2) is 18.8 Å². The van der Waals surface area contributed by atoms with Gasteiger partial charge in [0.05, 0.1) is 0 Å². The summed E-state index contributed by atoms with van der Waals surface area (Å²) in [5, 5.41) is 3.16. The molecule has 0 aliphatic carbocycles. The van der Waals surface area contributed by atoms with E-state index < -0.39 is 5.67 Å². The van der Waals surface area contributed by atoms with Crippen molar-refractivity contribution in [1.29, 1.82) is 0 Å². The van der Waals surface area contributed by atoms with Gasteiger partial charge in [0.15, 0.2) is 0 Å². The lowest BCUT2D eigenvalue weighted by Gasteiger charge is -2.29. The second kappa shape index (κ2) is 3.33. The number of halogens is 1. The first-order valence-electron chi connectivity index (χ1n) is 4.16. The van der Waals surface area contributed by atoms with Crippen LogP contribution in [0.25, 0.3) is 0 Å². The van der Waals surface area contributed by atoms with E-state index >= 15 is 0 Å². The molecule has 2 heteroatoms. The third kappa shape index (κ3) is 1.94. The molecule has 1 aliphatic rings. The van der Waals surface area contributed by atoms with Crippen molar-refractivity contribution < 1.29 is 4.39 Å². The van der Waals surface area contributed by atoms with Gasteiger partial charge in [-0.15, -0.1) is 0 Å². The topological polar surface area (TPSA) is 12.0 Å². The molecule has 0 amide bonds. The molecule has 0 bridgehead atoms. The fraction of sp³-hybridized carbons (Fsp3) is 1.00. The average molecular weight is 145 g/mol. The van der Waals surface area contributed by atoms with Crippen LogP contribution >= 0.6 is 0 Å². The summed E-state index contributed by atoms with van der Waals surface area (Å²) < 4.78 is 13.5. The van der Waals surface area contributed by atoms with Crippen molar-refractivity contribution in [1.82, 2.24) is 5.32 Å². The summed E-state index contributed by atoms with van der Waals surface area (Å²) in [5.74, 6) is 0. The number of alkyl halides is 1. The van der Waals surface area contributed by atoms with E-state index in [1.807, 2.05) is 6.92 Å². The molecule has 1 heterocycles. The Morgan fingerprint density at radius 3 is 2.50 bits per heavy atom. The van der Waals surface area contributed by atoms with Crippen LogP contribution in [0, 0.1) is 0 Å². The second-order valence-corrected chi connectivity index (χ2v) is 3.15. The van der Waals surface area contributed by atoms with Gasteiger partial charge in [0.25, 0.3) is 0 Å². The zero-order valence-corrected chi connectivity index (χ0v) is 6.62. The molecule has 0 aromatic carbocycles. The molecule has 1 aliphatic heterocycles. The van der Waals surface area contributed by atoms with Crippen LogP contribution in [0.3, 0.4) is 0 Å². The standard InChI is InChI=1S/C8H16FN/c1-2-3-8(9)4-6-10-7-5-8/h10H,2-7H2,1H3. The predicted molar refractivity (Wildman–Crippen MR) is 40.9 cm³/mol. The molecule has 1 nitrogen and oxygen atoms in total. The first kappa shape index (κ1) is 7.99. The maximum Gasteiger partial charge on any atom is 0.113 e. The summed E-state index contributed by atoms with van der Waals surface area (Å²) in [5.41, 5.74) is -0.833. The fourth-order valence-corrected chi connectivity index (χ4v) is 1.57. The van der Waals surface area contributed by atoms with Gasteiger partial charge < -0.3 is 5.32 Å². The molecule has 10 heavy (non-hydrogen) atoms. The summed E-state index contributed by atoms with van der Waals surface area (Å²) >= 11 is 0. The van der Waals surface area contributed by atoms with Gasteiger partial charge in [-0.25, -0.2) is 4.39 Å². The van der Waals surface area contributed by atoms with Crippen molar-refractivity contribution in [3.8, 4) is 0 Å². The van der Waals surface area contributed by atoms with Crippen LogP contribution < -0.4 is 5.32 Å². The van der Waals surface area contributed by atoms with Crippen molar-refractivity contribution in [3.63, 3.8) is 0 Å². The molecule has 1 N–H and O–H groups in total. The van der Waals surface area contributed by atoms with Crippen molar-refractivity contribution in [2.45, 2.75) is 38.3 Å². The van der Waals surface area contributed by atoms with E-state index in [0.717, 1.165) is 25.9 Å². The lowest BCUT2D eigenvalue weighted by atomic mass is 9.90. The molecular weight excluding hydrogens is 129 g/mol. The largest absolute Gasteiger partial charge is 0.316 e. The second-order valence-electron chi connectivity index (χ2n) is 3.15. The van der Waals surface area contributed by atoms with Gasteiger partial charge in [0.2, 0.25) is 0 Å². The molecule has 60 valence electrons. The van der Waals surface area contributed by atoms with Crippen LogP contribution in [0.1, 0.15) is 32.6 Å². The lowest BCUT2D eigenvalue weighted by Crippen LogP contribution is -2.38. The highest BCUT2D eigenvalue weighted by Gasteiger charge is 2.29. The lowest BCUT2D eigenvalue weighted by molar-refractivity contribution is 0.104. The third-order valence-electron chi connectivity index (χ3n) is 2.20. The van der Waals surface area contributed by atoms with Crippen molar-refractivity contribution in [2.75, 3.05) is 13.1 Å². The normalized spacial score (nSPS) is 24.6. The fourth-order valence-electron chi connectivity index (χ4n) is 1.57. The Hall–Kier alpha value is -0.110. The number of nitrogens with one attached hydrogen (secondary N) is 1. The van der Waals surface area contributed by atoms with Gasteiger partial charge in [0.1, 0.15) is 5.67 Å². The van der Waals surface area contributed by atoms with Gasteiger partial charge >= 0.3 is 0 Å². The van der Waals surface area contributed by atoms with Gasteiger partial charge in [-0.05, 0) is 32.4 Å². The highest BCUT2D eigenvalue weighted by Crippen LogP contribution is 2.27. The molecule has 1 fully saturated rings. The SMILES string of the molecule is CCCC1(F)CCNCC1. The van der Waals surface area contributed by atoms with E-state index in [-0.39, 0.29) is 0 Å². The third-order valence-corrected chi connectivity index (χ3v) is 2.20. The van der Waals surface area contributed by atoms with E-state index in [4.69, 9.17) is 0 Å². The minimum Gasteiger partial charge on any atom is -0.316 e. The minimum atomic E-state index is -0.833. The first-order chi connectivity index (χ1) is 4.77. The van der Waals surface area contributed by atoms with Gasteiger partial charge in [-0.1, -0.05) is 13.3 Å². The van der Waals surface area contributed by atoms with Crippen LogP contribution in [0.15, 0.2) is 0 Å². The Morgan fingerprint density at radius 1 is 1.40 bits per heavy atom. The average Bonchev–Trinajstić information content (AvgIpc) is 1.89. The van der Waals surface area contributed by atoms with E-state index in [1.165, 1.54) is 0 Å². The monoisotopic (exact) mass is 145 g/mol. The highest BCUT2D eigenvalue weighted by molar-refractivity contribution is 4.83. The Labute approximate surface area is 62.0 Å². The summed E-state index contributed by atoms with van der Waals surface area (Å²) in [6, 6.07) is 0. The smallest absolute Gasteiger partial charge is 0.113 e. The van der Waals surface area contributed by atoms with E-state index in [0.29, 0.717) is 12.8 Å². The van der Waals surface area contributed by atoms with Crippen LogP contribution in [-0.2, 0) is 0 Å². The predicted octanol–water partition coefficient (Wildman–Crippen LogP) is 1.88. The zero-order valence-electron chi connectivity index (χ0n) is 6.62. The number of piperidine rings is 1. The van der Waals surface area contributed by atoms with Crippen LogP contribution in [0.2, 0.25) is 0 Å². The Kier molecular flexibility index (Phi) is 2.66. The minimum absolute atomic E-state index is 0.709. The van der Waals surface area contributed by atoms with Crippen molar-refractivity contribution in [2.24, 2.45) is 0 Å². The molecule has 0 atom stereocenters. The molecule has 0 unspecified atom stereocenters. The summed E-state index contributed by atoms with van der Waals surface area (Å²) in [6.45, 7) is 3.76. The number of rotatable bonds is 2. The van der Waals surface area contributed by atoms with Gasteiger partial charge in [0, 0.05) is 0 Å². The van der Waals surface area contributed by atoms with Gasteiger partial charge in [-0.3, -0.25) is 0 Å². The molecule has 0 spiro atoms. The van der Waals surface area contributed by atoms with Crippen molar-refractivity contribution in [3.05, 3.63) is 0 Å². The van der Waals surface area contributed by atoms with Crippen LogP contribution in [0.4, 0.5) is 4.39 Å². The molecule has 0 aromatic rings. The quantitative estimate of drug-likeness (QED) is 0.625. The van der Waals surface area contributed by atoms with Crippen molar-refractivity contribution >= 4 is 0 Å². The number of hydrogen-bond acceptors (Lipinski definition) is 1. The molecular formula is C8H16FN.